The normalized spacial score (nSPS) is 9.00. The van der Waals surface area contributed by atoms with Gasteiger partial charge in [0.15, 0.2) is 0 Å². The molecule has 0 aliphatic heterocycles. The number of aliphatic hydroxyl groups excluding tert-OH is 1. The highest BCUT2D eigenvalue weighted by molar-refractivity contribution is 6.08. The number of hydrogen-bond acceptors (Lipinski definition) is 1. The average Bonchev–Trinajstić information content (AvgIpc) is 1.91. The Morgan fingerprint density at radius 2 is 1.80 bits per heavy atom. The van der Waals surface area contributed by atoms with Crippen LogP contribution < -0.4 is 0 Å². The van der Waals surface area contributed by atoms with E-state index in [2.05, 4.69) is 20.8 Å². The first-order chi connectivity index (χ1) is 4.68. The molecular weight excluding hydrogens is 136 g/mol. The molecule has 1 N–H and O–H groups in total. The fraction of sp³-hybridized carbons (Fsp3) is 1.00. The summed E-state index contributed by atoms with van der Waals surface area (Å²) in [5.41, 5.74) is 0. The molecule has 0 saturated heterocycles. The molecule has 7 radical (unpaired) electrons. The van der Waals surface area contributed by atoms with E-state index in [-0.39, 0.29) is 0 Å². The van der Waals surface area contributed by atoms with Gasteiger partial charge >= 0.3 is 21.7 Å². The maximum Gasteiger partial charge on any atom is 1.41 e. The molecule has 10 heavy (non-hydrogen) atoms. The molecule has 1 nitrogen and oxygen atoms in total. The Morgan fingerprint density at radius 3 is 1.80 bits per heavy atom. The zero-order valence-corrected chi connectivity index (χ0v) is 8.97. The second-order valence-corrected chi connectivity index (χ2v) is 3.34. The van der Waals surface area contributed by atoms with Gasteiger partial charge < -0.3 is 5.11 Å². The van der Waals surface area contributed by atoms with Gasteiger partial charge in [0.2, 0.25) is 0 Å². The van der Waals surface area contributed by atoms with E-state index in [1.165, 1.54) is 4.55 Å². The standard InChI is InChI=1S/C4H10O.C4H9.Mg/c1-2-3-4-5;1-4(2)3;/h5H,2-4H2,1H3;4H,1H2,2-3H3;/q;;+2. The van der Waals surface area contributed by atoms with Gasteiger partial charge in [-0.25, -0.2) is 0 Å². The molecule has 0 atom stereocenters. The molecule has 57 valence electrons. The summed E-state index contributed by atoms with van der Waals surface area (Å²) in [4.78, 5) is 0. The Kier molecular flexibility index (Phi) is 16.5. The van der Waals surface area contributed by atoms with Crippen molar-refractivity contribution in [3.05, 3.63) is 0 Å². The van der Waals surface area contributed by atoms with Crippen LogP contribution in [0.15, 0.2) is 0 Å². The van der Waals surface area contributed by atoms with Crippen LogP contribution >= 0.6 is 0 Å². The third-order valence-electron chi connectivity index (χ3n) is 1.09. The Balaban J connectivity index is 0. The summed E-state index contributed by atoms with van der Waals surface area (Å²) < 4.78 is 1.33. The number of aliphatic hydroxyl groups is 1. The summed E-state index contributed by atoms with van der Waals surface area (Å²) in [5.74, 6) is 0.897. The number of unbranched alkanes of at least 4 members (excludes halogenated alkanes) is 1. The van der Waals surface area contributed by atoms with Crippen LogP contribution in [0.5, 0.6) is 0 Å². The van der Waals surface area contributed by atoms with E-state index in [4.69, 9.17) is 5.11 Å². The van der Waals surface area contributed by atoms with Gasteiger partial charge in [-0.3, -0.25) is 0 Å². The number of rotatable bonds is 3. The minimum atomic E-state index is 0.344. The van der Waals surface area contributed by atoms with Crippen LogP contribution in [0.4, 0.5) is 0 Å². The van der Waals surface area contributed by atoms with Gasteiger partial charge in [-0.15, -0.1) is 0 Å². The molecule has 0 aliphatic carbocycles. The van der Waals surface area contributed by atoms with Crippen molar-refractivity contribution >= 4 is 21.7 Å². The Hall–Kier alpha value is 0.726. The van der Waals surface area contributed by atoms with Crippen LogP contribution in [0.25, 0.3) is 0 Å². The van der Waals surface area contributed by atoms with E-state index in [9.17, 15) is 0 Å². The molecule has 0 rings (SSSR count). The summed E-state index contributed by atoms with van der Waals surface area (Å²) >= 11 is 2.03. The number of hydrogen-bond donors (Lipinski definition) is 1. The predicted octanol–water partition coefficient (Wildman–Crippen LogP) is 2.01. The molecule has 0 bridgehead atoms. The topological polar surface area (TPSA) is 20.2 Å². The average molecular weight is 156 g/mol. The van der Waals surface area contributed by atoms with Crippen molar-refractivity contribution in [2.24, 2.45) is 5.92 Å². The van der Waals surface area contributed by atoms with Crippen molar-refractivity contribution in [1.29, 1.82) is 0 Å². The van der Waals surface area contributed by atoms with Crippen LogP contribution in [0.2, 0.25) is 4.55 Å². The van der Waals surface area contributed by atoms with Gasteiger partial charge in [0.05, 0.1) is 0 Å². The Bertz CT molecular complexity index is 44.5. The van der Waals surface area contributed by atoms with Crippen molar-refractivity contribution < 1.29 is 5.11 Å². The molecule has 0 amide bonds. The highest BCUT2D eigenvalue weighted by Crippen LogP contribution is 1.92. The first-order valence-corrected chi connectivity index (χ1v) is 5.09. The van der Waals surface area contributed by atoms with Crippen molar-refractivity contribution in [3.8, 4) is 0 Å². The maximum absolute atomic E-state index is 8.07. The molecule has 0 unspecified atom stereocenters. The van der Waals surface area contributed by atoms with E-state index >= 15 is 0 Å². The third kappa shape index (κ3) is 23.3. The van der Waals surface area contributed by atoms with Crippen molar-refractivity contribution in [2.75, 3.05) is 6.61 Å². The maximum atomic E-state index is 8.07. The van der Waals surface area contributed by atoms with Gasteiger partial charge in [0.25, 0.3) is 4.55 Å². The van der Waals surface area contributed by atoms with E-state index < -0.39 is 0 Å². The fourth-order valence-corrected chi connectivity index (χ4v) is 0.158. The molecule has 0 aliphatic rings. The van der Waals surface area contributed by atoms with Crippen LogP contribution in [0, 0.1) is 5.92 Å². The summed E-state index contributed by atoms with van der Waals surface area (Å²) in [6.45, 7) is 6.85. The molecule has 2 heteroatoms. The van der Waals surface area contributed by atoms with E-state index in [0.29, 0.717) is 6.61 Å². The second kappa shape index (κ2) is 12.4. The lowest BCUT2D eigenvalue weighted by atomic mass is 10.3. The van der Waals surface area contributed by atoms with Crippen LogP contribution in [-0.4, -0.2) is 33.4 Å². The molecule has 0 saturated carbocycles. The van der Waals surface area contributed by atoms with E-state index in [0.717, 1.165) is 18.8 Å². The van der Waals surface area contributed by atoms with Gasteiger partial charge in [-0.2, -0.15) is 0 Å². The lowest BCUT2D eigenvalue weighted by Gasteiger charge is -1.79. The first-order valence-electron chi connectivity index (χ1n) is 4.09. The summed E-state index contributed by atoms with van der Waals surface area (Å²) in [7, 11) is 0. The zero-order chi connectivity index (χ0) is 8.41. The molecule has 0 fully saturated rings. The lowest BCUT2D eigenvalue weighted by Crippen LogP contribution is -1.80. The quantitative estimate of drug-likeness (QED) is 0.618. The summed E-state index contributed by atoms with van der Waals surface area (Å²) in [6, 6.07) is 0. The molecule has 0 spiro atoms. The fourth-order valence-electron chi connectivity index (χ4n) is 0.158. The van der Waals surface area contributed by atoms with E-state index in [1.807, 2.05) is 21.7 Å². The minimum Gasteiger partial charge on any atom is -0.396 e. The minimum absolute atomic E-state index is 0.344. The van der Waals surface area contributed by atoms with Gasteiger partial charge in [0, 0.05) is 12.5 Å². The van der Waals surface area contributed by atoms with Crippen LogP contribution in [-0.2, 0) is 0 Å². The summed E-state index contributed by atoms with van der Waals surface area (Å²) in [5, 5.41) is 8.07. The SMILES string of the molecule is CC(C)[CH2][Mg+2].CCCCO. The molecule has 0 heterocycles. The highest BCUT2D eigenvalue weighted by atomic mass is 24.4. The third-order valence-corrected chi connectivity index (χ3v) is 2.24. The summed E-state index contributed by atoms with van der Waals surface area (Å²) in [6.07, 6.45) is 2.04. The highest BCUT2D eigenvalue weighted by Gasteiger charge is 2.24. The Labute approximate surface area is 77.6 Å². The van der Waals surface area contributed by atoms with Crippen molar-refractivity contribution in [1.82, 2.24) is 0 Å². The van der Waals surface area contributed by atoms with Crippen molar-refractivity contribution in [2.45, 2.75) is 38.2 Å². The molecular formula is C8H19MgO+2. The van der Waals surface area contributed by atoms with Gasteiger partial charge in [-0.1, -0.05) is 27.2 Å². The monoisotopic (exact) mass is 155 g/mol. The van der Waals surface area contributed by atoms with Crippen molar-refractivity contribution in [3.63, 3.8) is 0 Å². The zero-order valence-electron chi connectivity index (χ0n) is 7.56. The van der Waals surface area contributed by atoms with Crippen LogP contribution in [0.1, 0.15) is 33.6 Å². The second-order valence-electron chi connectivity index (χ2n) is 2.76. The largest absolute Gasteiger partial charge is 1.41 e. The smallest absolute Gasteiger partial charge is 0.396 e. The van der Waals surface area contributed by atoms with Crippen LogP contribution in [0.3, 0.4) is 0 Å². The molecule has 0 aromatic heterocycles. The lowest BCUT2D eigenvalue weighted by molar-refractivity contribution is 0.287. The van der Waals surface area contributed by atoms with E-state index in [1.54, 1.807) is 0 Å². The first kappa shape index (κ1) is 13.3. The Morgan fingerprint density at radius 1 is 1.40 bits per heavy atom. The molecule has 0 aromatic carbocycles. The van der Waals surface area contributed by atoms with Gasteiger partial charge in [0.1, 0.15) is 0 Å². The molecule has 0 aromatic rings. The van der Waals surface area contributed by atoms with Gasteiger partial charge in [-0.05, 0) is 6.42 Å². The predicted molar refractivity (Wildman–Crippen MR) is 47.4 cm³/mol.